The summed E-state index contributed by atoms with van der Waals surface area (Å²) in [5, 5.41) is 0. The van der Waals surface area contributed by atoms with Crippen LogP contribution in [0.1, 0.15) is 37.8 Å². The standard InChI is InChI=1S/C22H31ClN4/c1-4-16-8-5-6-9-17(16)15-27(3)20-14-19(25-13-12-24)18-10-7-11-22(2,23)21(18)26-20/h5-9,11,18,21H,4,10,12-15,24H2,1-3H3. The Labute approximate surface area is 168 Å². The van der Waals surface area contributed by atoms with Crippen molar-refractivity contribution < 1.29 is 0 Å². The summed E-state index contributed by atoms with van der Waals surface area (Å²) in [4.78, 5) is 11.7. The summed E-state index contributed by atoms with van der Waals surface area (Å²) < 4.78 is 0. The van der Waals surface area contributed by atoms with Crippen molar-refractivity contribution in [2.45, 2.75) is 50.6 Å². The highest BCUT2D eigenvalue weighted by molar-refractivity contribution is 6.26. The highest BCUT2D eigenvalue weighted by Gasteiger charge is 2.43. The fourth-order valence-corrected chi connectivity index (χ4v) is 4.41. The molecule has 1 heterocycles. The molecule has 3 atom stereocenters. The van der Waals surface area contributed by atoms with E-state index >= 15 is 0 Å². The smallest absolute Gasteiger partial charge is 0.105 e. The van der Waals surface area contributed by atoms with E-state index in [1.54, 1.807) is 0 Å². The van der Waals surface area contributed by atoms with Crippen LogP contribution in [0.2, 0.25) is 0 Å². The van der Waals surface area contributed by atoms with E-state index in [0.29, 0.717) is 13.1 Å². The fourth-order valence-electron chi connectivity index (χ4n) is 4.12. The number of fused-ring (bicyclic) bond motifs is 1. The Morgan fingerprint density at radius 2 is 2.07 bits per heavy atom. The number of rotatable bonds is 5. The van der Waals surface area contributed by atoms with E-state index in [2.05, 4.69) is 62.2 Å². The van der Waals surface area contributed by atoms with Gasteiger partial charge in [-0.2, -0.15) is 0 Å². The molecular weight excluding hydrogens is 356 g/mol. The molecule has 0 saturated heterocycles. The van der Waals surface area contributed by atoms with E-state index in [0.717, 1.165) is 31.6 Å². The fraction of sp³-hybridized carbons (Fsp3) is 0.545. The first-order valence-electron chi connectivity index (χ1n) is 9.90. The maximum atomic E-state index is 6.83. The molecule has 27 heavy (non-hydrogen) atoms. The molecule has 0 fully saturated rings. The lowest BCUT2D eigenvalue weighted by atomic mass is 9.76. The van der Waals surface area contributed by atoms with Crippen molar-refractivity contribution >= 4 is 23.1 Å². The first-order chi connectivity index (χ1) is 13.0. The molecular formula is C22H31ClN4. The molecule has 1 aliphatic carbocycles. The van der Waals surface area contributed by atoms with Crippen LogP contribution in [-0.2, 0) is 13.0 Å². The van der Waals surface area contributed by atoms with Crippen LogP contribution < -0.4 is 5.73 Å². The Balaban J connectivity index is 1.89. The molecule has 0 spiro atoms. The summed E-state index contributed by atoms with van der Waals surface area (Å²) in [7, 11) is 2.12. The van der Waals surface area contributed by atoms with Crippen LogP contribution in [0.15, 0.2) is 46.4 Å². The average Bonchev–Trinajstić information content (AvgIpc) is 2.66. The maximum absolute atomic E-state index is 6.83. The molecule has 3 unspecified atom stereocenters. The van der Waals surface area contributed by atoms with E-state index in [4.69, 9.17) is 27.3 Å². The highest BCUT2D eigenvalue weighted by Crippen LogP contribution is 2.39. The number of halogens is 1. The number of alkyl halides is 1. The maximum Gasteiger partial charge on any atom is 0.105 e. The van der Waals surface area contributed by atoms with Crippen molar-refractivity contribution in [2.75, 3.05) is 20.1 Å². The lowest BCUT2D eigenvalue weighted by molar-refractivity contribution is 0.413. The van der Waals surface area contributed by atoms with Gasteiger partial charge in [0, 0.05) is 38.2 Å². The van der Waals surface area contributed by atoms with Crippen LogP contribution in [0.5, 0.6) is 0 Å². The summed E-state index contributed by atoms with van der Waals surface area (Å²) in [5.41, 5.74) is 9.64. The molecule has 1 aliphatic heterocycles. The van der Waals surface area contributed by atoms with Gasteiger partial charge in [0.1, 0.15) is 5.84 Å². The zero-order valence-electron chi connectivity index (χ0n) is 16.7. The summed E-state index contributed by atoms with van der Waals surface area (Å²) >= 11 is 6.83. The lowest BCUT2D eigenvalue weighted by Crippen LogP contribution is -2.49. The predicted octanol–water partition coefficient (Wildman–Crippen LogP) is 3.82. The number of aryl methyl sites for hydroxylation is 1. The Morgan fingerprint density at radius 1 is 1.33 bits per heavy atom. The topological polar surface area (TPSA) is 54.0 Å². The van der Waals surface area contributed by atoms with Crippen molar-refractivity contribution in [2.24, 2.45) is 21.6 Å². The largest absolute Gasteiger partial charge is 0.359 e. The molecule has 146 valence electrons. The molecule has 4 nitrogen and oxygen atoms in total. The SMILES string of the molecule is CCc1ccccc1CN(C)C1=NC2C(CC=CC2(C)Cl)C(=NCCN)C1. The molecule has 1 aromatic rings. The Bertz CT molecular complexity index is 750. The van der Waals surface area contributed by atoms with Crippen LogP contribution in [-0.4, -0.2) is 47.5 Å². The number of aliphatic imine (C=N–C) groups is 2. The third-order valence-electron chi connectivity index (χ3n) is 5.64. The Morgan fingerprint density at radius 3 is 2.78 bits per heavy atom. The van der Waals surface area contributed by atoms with Crippen molar-refractivity contribution in [3.05, 3.63) is 47.5 Å². The molecule has 0 radical (unpaired) electrons. The third kappa shape index (κ3) is 4.44. The van der Waals surface area contributed by atoms with Gasteiger partial charge in [-0.3, -0.25) is 9.98 Å². The van der Waals surface area contributed by atoms with Gasteiger partial charge in [-0.15, -0.1) is 11.6 Å². The van der Waals surface area contributed by atoms with Gasteiger partial charge in [-0.05, 0) is 30.9 Å². The van der Waals surface area contributed by atoms with Gasteiger partial charge >= 0.3 is 0 Å². The van der Waals surface area contributed by atoms with Gasteiger partial charge in [0.05, 0.1) is 17.5 Å². The number of hydrogen-bond donors (Lipinski definition) is 1. The number of hydrogen-bond acceptors (Lipinski definition) is 4. The molecule has 1 aromatic carbocycles. The average molecular weight is 387 g/mol. The number of benzene rings is 1. The molecule has 0 amide bonds. The predicted molar refractivity (Wildman–Crippen MR) is 116 cm³/mol. The molecule has 3 rings (SSSR count). The second-order valence-electron chi connectivity index (χ2n) is 7.70. The molecule has 5 heteroatoms. The number of nitrogens with two attached hydrogens (primary N) is 1. The monoisotopic (exact) mass is 386 g/mol. The highest BCUT2D eigenvalue weighted by atomic mass is 35.5. The summed E-state index contributed by atoms with van der Waals surface area (Å²) in [5.74, 6) is 1.35. The zero-order valence-corrected chi connectivity index (χ0v) is 17.4. The van der Waals surface area contributed by atoms with Gasteiger partial charge in [0.25, 0.3) is 0 Å². The first kappa shape index (κ1) is 20.1. The number of amidine groups is 1. The quantitative estimate of drug-likeness (QED) is 0.617. The molecule has 0 bridgehead atoms. The zero-order chi connectivity index (χ0) is 19.4. The minimum Gasteiger partial charge on any atom is -0.359 e. The van der Waals surface area contributed by atoms with Gasteiger partial charge in [-0.25, -0.2) is 0 Å². The van der Waals surface area contributed by atoms with Gasteiger partial charge < -0.3 is 10.6 Å². The molecule has 0 saturated carbocycles. The van der Waals surface area contributed by atoms with E-state index in [-0.39, 0.29) is 12.0 Å². The van der Waals surface area contributed by atoms with E-state index in [1.165, 1.54) is 16.8 Å². The van der Waals surface area contributed by atoms with E-state index < -0.39 is 4.87 Å². The first-order valence-corrected chi connectivity index (χ1v) is 10.3. The normalized spacial score (nSPS) is 28.8. The molecule has 2 N–H and O–H groups in total. The van der Waals surface area contributed by atoms with Crippen LogP contribution in [0.25, 0.3) is 0 Å². The van der Waals surface area contributed by atoms with Crippen LogP contribution in [0, 0.1) is 5.92 Å². The minimum atomic E-state index is -0.472. The summed E-state index contributed by atoms with van der Waals surface area (Å²) in [6.45, 7) is 6.34. The van der Waals surface area contributed by atoms with Gasteiger partial charge in [-0.1, -0.05) is 43.3 Å². The van der Waals surface area contributed by atoms with Crippen molar-refractivity contribution in [3.8, 4) is 0 Å². The lowest BCUT2D eigenvalue weighted by Gasteiger charge is -2.41. The Hall–Kier alpha value is -1.65. The van der Waals surface area contributed by atoms with Crippen LogP contribution in [0.4, 0.5) is 0 Å². The summed E-state index contributed by atoms with van der Waals surface area (Å²) in [6, 6.07) is 8.65. The van der Waals surface area contributed by atoms with E-state index in [1.807, 2.05) is 0 Å². The summed E-state index contributed by atoms with van der Waals surface area (Å²) in [6.07, 6.45) is 7.04. The molecule has 0 aromatic heterocycles. The minimum absolute atomic E-state index is 0.0216. The third-order valence-corrected chi connectivity index (χ3v) is 5.99. The number of nitrogens with zero attached hydrogens (tertiary/aromatic N) is 3. The number of allylic oxidation sites excluding steroid dienone is 1. The van der Waals surface area contributed by atoms with Gasteiger partial charge in [0.15, 0.2) is 0 Å². The van der Waals surface area contributed by atoms with Gasteiger partial charge in [0.2, 0.25) is 0 Å². The Kier molecular flexibility index (Phi) is 6.38. The molecule has 2 aliphatic rings. The van der Waals surface area contributed by atoms with Crippen molar-refractivity contribution in [1.29, 1.82) is 0 Å². The van der Waals surface area contributed by atoms with Crippen LogP contribution in [0.3, 0.4) is 0 Å². The van der Waals surface area contributed by atoms with E-state index in [9.17, 15) is 0 Å². The van der Waals surface area contributed by atoms with Crippen molar-refractivity contribution in [1.82, 2.24) is 4.90 Å². The second kappa shape index (κ2) is 8.57. The van der Waals surface area contributed by atoms with Crippen molar-refractivity contribution in [3.63, 3.8) is 0 Å². The van der Waals surface area contributed by atoms with Crippen LogP contribution >= 0.6 is 11.6 Å². The second-order valence-corrected chi connectivity index (χ2v) is 8.52.